The average Bonchev–Trinajstić information content (AvgIpc) is 2.72. The third-order valence-corrected chi connectivity index (χ3v) is 6.05. The van der Waals surface area contributed by atoms with Gasteiger partial charge in [-0.3, -0.25) is 14.8 Å². The number of amides is 1. The van der Waals surface area contributed by atoms with E-state index in [1.165, 1.54) is 12.5 Å². The molecular formula is C19H19N5O3S. The molecule has 144 valence electrons. The van der Waals surface area contributed by atoms with Gasteiger partial charge in [0.25, 0.3) is 5.91 Å². The zero-order chi connectivity index (χ0) is 19.7. The first-order chi connectivity index (χ1) is 13.4. The molecule has 0 spiro atoms. The number of carbonyl (C=O) groups excluding carboxylic acids is 1. The maximum atomic E-state index is 13.2. The van der Waals surface area contributed by atoms with E-state index in [2.05, 4.69) is 19.9 Å². The molecule has 1 amide bonds. The van der Waals surface area contributed by atoms with Crippen molar-refractivity contribution in [1.29, 1.82) is 0 Å². The summed E-state index contributed by atoms with van der Waals surface area (Å²) in [6, 6.07) is 5.35. The molecule has 1 aliphatic rings. The van der Waals surface area contributed by atoms with Gasteiger partial charge in [-0.05, 0) is 25.0 Å². The standard InChI is InChI=1S/C19H19N5O3S/c1-28(26,27)16-10-20-12-23-17(16)13-4-3-9-24(11-13)19(25)14-5-2-6-15-18(14)22-8-7-21-15/h2,5-8,10,12-13H,3-4,9,11H2,1H3. The Labute approximate surface area is 162 Å². The molecule has 1 atom stereocenters. The highest BCUT2D eigenvalue weighted by molar-refractivity contribution is 7.90. The molecule has 0 N–H and O–H groups in total. The lowest BCUT2D eigenvalue weighted by molar-refractivity contribution is 0.0707. The lowest BCUT2D eigenvalue weighted by atomic mass is 9.94. The number of likely N-dealkylation sites (tertiary alicyclic amines) is 1. The van der Waals surface area contributed by atoms with E-state index in [0.717, 1.165) is 19.1 Å². The maximum absolute atomic E-state index is 13.2. The van der Waals surface area contributed by atoms with Crippen LogP contribution in [0.3, 0.4) is 0 Å². The Balaban J connectivity index is 1.66. The van der Waals surface area contributed by atoms with Crippen molar-refractivity contribution >= 4 is 26.8 Å². The van der Waals surface area contributed by atoms with E-state index < -0.39 is 9.84 Å². The van der Waals surface area contributed by atoms with Gasteiger partial charge in [-0.1, -0.05) is 6.07 Å². The fourth-order valence-electron chi connectivity index (χ4n) is 3.64. The van der Waals surface area contributed by atoms with Crippen LogP contribution in [-0.2, 0) is 9.84 Å². The minimum atomic E-state index is -3.45. The summed E-state index contributed by atoms with van der Waals surface area (Å²) in [7, 11) is -3.45. The van der Waals surface area contributed by atoms with E-state index in [9.17, 15) is 13.2 Å². The summed E-state index contributed by atoms with van der Waals surface area (Å²) in [6.45, 7) is 1.00. The van der Waals surface area contributed by atoms with Crippen LogP contribution < -0.4 is 0 Å². The van der Waals surface area contributed by atoms with Gasteiger partial charge in [0.05, 0.1) is 16.8 Å². The summed E-state index contributed by atoms with van der Waals surface area (Å²) < 4.78 is 24.2. The SMILES string of the molecule is CS(=O)(=O)c1cncnc1C1CCCN(C(=O)c2cccc3nccnc23)C1. The number of carbonyl (C=O) groups is 1. The van der Waals surface area contributed by atoms with E-state index in [4.69, 9.17) is 0 Å². The molecule has 1 aromatic carbocycles. The van der Waals surface area contributed by atoms with Crippen LogP contribution in [0.4, 0.5) is 0 Å². The molecule has 28 heavy (non-hydrogen) atoms. The van der Waals surface area contributed by atoms with E-state index >= 15 is 0 Å². The number of piperidine rings is 1. The lowest BCUT2D eigenvalue weighted by Gasteiger charge is -2.33. The fraction of sp³-hybridized carbons (Fsp3) is 0.316. The molecular weight excluding hydrogens is 378 g/mol. The molecule has 1 aliphatic heterocycles. The summed E-state index contributed by atoms with van der Waals surface area (Å²) >= 11 is 0. The molecule has 4 rings (SSSR count). The molecule has 9 heteroatoms. The molecule has 0 saturated carbocycles. The van der Waals surface area contributed by atoms with Crippen LogP contribution in [-0.4, -0.2) is 58.5 Å². The molecule has 0 radical (unpaired) electrons. The highest BCUT2D eigenvalue weighted by Crippen LogP contribution is 2.30. The molecule has 3 heterocycles. The zero-order valence-electron chi connectivity index (χ0n) is 15.3. The van der Waals surface area contributed by atoms with Crippen molar-refractivity contribution in [3.05, 3.63) is 54.4 Å². The second-order valence-electron chi connectivity index (χ2n) is 6.86. The highest BCUT2D eigenvalue weighted by Gasteiger charge is 2.30. The van der Waals surface area contributed by atoms with Gasteiger partial charge in [-0.25, -0.2) is 18.4 Å². The van der Waals surface area contributed by atoms with E-state index in [1.807, 2.05) is 6.07 Å². The molecule has 0 bridgehead atoms. The van der Waals surface area contributed by atoms with Crippen molar-refractivity contribution < 1.29 is 13.2 Å². The molecule has 0 aliphatic carbocycles. The van der Waals surface area contributed by atoms with Crippen molar-refractivity contribution in [1.82, 2.24) is 24.8 Å². The van der Waals surface area contributed by atoms with Crippen molar-refractivity contribution in [2.24, 2.45) is 0 Å². The number of rotatable bonds is 3. The number of benzene rings is 1. The summed E-state index contributed by atoms with van der Waals surface area (Å²) in [5.74, 6) is -0.294. The van der Waals surface area contributed by atoms with Gasteiger partial charge in [0.1, 0.15) is 16.7 Å². The van der Waals surface area contributed by atoms with Crippen LogP contribution in [0.2, 0.25) is 0 Å². The molecule has 3 aromatic rings. The quantitative estimate of drug-likeness (QED) is 0.664. The van der Waals surface area contributed by atoms with Crippen LogP contribution in [0.15, 0.2) is 48.0 Å². The van der Waals surface area contributed by atoms with Crippen LogP contribution in [0.1, 0.15) is 34.8 Å². The highest BCUT2D eigenvalue weighted by atomic mass is 32.2. The van der Waals surface area contributed by atoms with Gasteiger partial charge in [-0.2, -0.15) is 0 Å². The third-order valence-electron chi connectivity index (χ3n) is 4.93. The molecule has 2 aromatic heterocycles. The Hall–Kier alpha value is -2.94. The Morgan fingerprint density at radius 3 is 2.82 bits per heavy atom. The number of hydrogen-bond donors (Lipinski definition) is 0. The van der Waals surface area contributed by atoms with E-state index in [1.54, 1.807) is 29.4 Å². The lowest BCUT2D eigenvalue weighted by Crippen LogP contribution is -2.39. The molecule has 8 nitrogen and oxygen atoms in total. The first kappa shape index (κ1) is 18.4. The second-order valence-corrected chi connectivity index (χ2v) is 8.85. The molecule has 1 unspecified atom stereocenters. The number of nitrogens with zero attached hydrogens (tertiary/aromatic N) is 5. The Kier molecular flexibility index (Phi) is 4.76. The predicted molar refractivity (Wildman–Crippen MR) is 103 cm³/mol. The van der Waals surface area contributed by atoms with Crippen LogP contribution in [0.25, 0.3) is 11.0 Å². The third kappa shape index (κ3) is 3.45. The number of fused-ring (bicyclic) bond motifs is 1. The summed E-state index contributed by atoms with van der Waals surface area (Å²) in [5.41, 5.74) is 2.21. The van der Waals surface area contributed by atoms with Crippen molar-refractivity contribution in [3.8, 4) is 0 Å². The van der Waals surface area contributed by atoms with E-state index in [-0.39, 0.29) is 16.7 Å². The van der Waals surface area contributed by atoms with Crippen molar-refractivity contribution in [2.45, 2.75) is 23.7 Å². The Morgan fingerprint density at radius 2 is 2.00 bits per heavy atom. The summed E-state index contributed by atoms with van der Waals surface area (Å²) in [6.07, 6.45) is 8.52. The average molecular weight is 397 g/mol. The largest absolute Gasteiger partial charge is 0.338 e. The number of aromatic nitrogens is 4. The monoisotopic (exact) mass is 397 g/mol. The summed E-state index contributed by atoms with van der Waals surface area (Å²) in [5, 5.41) is 0. The predicted octanol–water partition coefficient (Wildman–Crippen LogP) is 1.84. The van der Waals surface area contributed by atoms with Gasteiger partial charge < -0.3 is 4.90 Å². The van der Waals surface area contributed by atoms with Gasteiger partial charge >= 0.3 is 0 Å². The molecule has 1 saturated heterocycles. The first-order valence-electron chi connectivity index (χ1n) is 8.94. The fourth-order valence-corrected chi connectivity index (χ4v) is 4.49. The van der Waals surface area contributed by atoms with Crippen molar-refractivity contribution in [3.63, 3.8) is 0 Å². The van der Waals surface area contributed by atoms with Crippen LogP contribution in [0, 0.1) is 0 Å². The topological polar surface area (TPSA) is 106 Å². The van der Waals surface area contributed by atoms with Crippen molar-refractivity contribution in [2.75, 3.05) is 19.3 Å². The van der Waals surface area contributed by atoms with Gasteiger partial charge in [-0.15, -0.1) is 0 Å². The Morgan fingerprint density at radius 1 is 1.18 bits per heavy atom. The van der Waals surface area contributed by atoms with E-state index in [0.29, 0.717) is 35.4 Å². The second kappa shape index (κ2) is 7.23. The normalized spacial score (nSPS) is 17.6. The van der Waals surface area contributed by atoms with Gasteiger partial charge in [0, 0.05) is 43.9 Å². The van der Waals surface area contributed by atoms with Gasteiger partial charge in [0.2, 0.25) is 0 Å². The Bertz CT molecular complexity index is 1140. The smallest absolute Gasteiger partial charge is 0.256 e. The van der Waals surface area contributed by atoms with Crippen LogP contribution in [0.5, 0.6) is 0 Å². The molecule has 1 fully saturated rings. The maximum Gasteiger partial charge on any atom is 0.256 e. The minimum absolute atomic E-state index is 0.130. The first-order valence-corrected chi connectivity index (χ1v) is 10.8. The zero-order valence-corrected chi connectivity index (χ0v) is 16.1. The number of para-hydroxylation sites is 1. The minimum Gasteiger partial charge on any atom is -0.338 e. The van der Waals surface area contributed by atoms with Gasteiger partial charge in [0.15, 0.2) is 9.84 Å². The van der Waals surface area contributed by atoms with Crippen LogP contribution >= 0.6 is 0 Å². The number of hydrogen-bond acceptors (Lipinski definition) is 7. The number of sulfone groups is 1. The summed E-state index contributed by atoms with van der Waals surface area (Å²) in [4.78, 5) is 31.7.